The van der Waals surface area contributed by atoms with Crippen LogP contribution in [0.25, 0.3) is 11.3 Å². The number of carboxylic acid groups (broad SMARTS) is 1. The first-order chi connectivity index (χ1) is 8.80. The highest BCUT2D eigenvalue weighted by atomic mass is 127. The minimum atomic E-state index is -1.01. The predicted molar refractivity (Wildman–Crippen MR) is 80.3 cm³/mol. The smallest absolute Gasteiger partial charge is 0.341 e. The lowest BCUT2D eigenvalue weighted by Crippen LogP contribution is -2.15. The van der Waals surface area contributed by atoms with E-state index in [0.717, 1.165) is 9.13 Å². The Morgan fingerprint density at radius 3 is 2.32 bits per heavy atom. The van der Waals surface area contributed by atoms with Crippen molar-refractivity contribution in [3.8, 4) is 11.3 Å². The second-order valence-electron chi connectivity index (χ2n) is 5.30. The summed E-state index contributed by atoms with van der Waals surface area (Å²) in [6.07, 6.45) is 0. The van der Waals surface area contributed by atoms with Crippen LogP contribution in [0.2, 0.25) is 0 Å². The molecule has 1 aromatic heterocycles. The van der Waals surface area contributed by atoms with Gasteiger partial charge in [0.05, 0.1) is 0 Å². The summed E-state index contributed by atoms with van der Waals surface area (Å²) in [5.41, 5.74) is 0.877. The minimum absolute atomic E-state index is 0.147. The summed E-state index contributed by atoms with van der Waals surface area (Å²) in [5.74, 6) is -0.617. The Morgan fingerprint density at radius 1 is 1.26 bits per heavy atom. The van der Waals surface area contributed by atoms with Gasteiger partial charge in [-0.15, -0.1) is 0 Å². The topological polar surface area (TPSA) is 63.3 Å². The average Bonchev–Trinajstić information content (AvgIpc) is 2.74. The molecule has 0 atom stereocenters. The first-order valence-corrected chi connectivity index (χ1v) is 6.88. The molecule has 1 N–H and O–H groups in total. The summed E-state index contributed by atoms with van der Waals surface area (Å²) in [6.45, 7) is 5.70. The number of hydrogen-bond donors (Lipinski definition) is 1. The van der Waals surface area contributed by atoms with Gasteiger partial charge in [0.15, 0.2) is 5.76 Å². The molecule has 0 unspecified atom stereocenters. The van der Waals surface area contributed by atoms with Crippen LogP contribution in [0.1, 0.15) is 36.9 Å². The van der Waals surface area contributed by atoms with Crippen LogP contribution in [0.3, 0.4) is 0 Å². The molecule has 0 radical (unpaired) electrons. The van der Waals surface area contributed by atoms with Crippen LogP contribution in [-0.2, 0) is 5.41 Å². The molecule has 2 rings (SSSR count). The van der Waals surface area contributed by atoms with Crippen LogP contribution in [-0.4, -0.2) is 16.2 Å². The number of halogens is 1. The highest BCUT2D eigenvalue weighted by Crippen LogP contribution is 2.33. The number of carbonyl (C=O) groups is 1. The third-order valence-corrected chi connectivity index (χ3v) is 3.42. The number of hydrogen-bond acceptors (Lipinski definition) is 3. The molecular weight excluding hydrogens is 357 g/mol. The molecule has 4 nitrogen and oxygen atoms in total. The fraction of sp³-hybridized carbons (Fsp3) is 0.286. The number of aromatic nitrogens is 1. The van der Waals surface area contributed by atoms with Crippen molar-refractivity contribution >= 4 is 28.6 Å². The van der Waals surface area contributed by atoms with Crippen LogP contribution in [0.5, 0.6) is 0 Å². The van der Waals surface area contributed by atoms with Gasteiger partial charge in [-0.25, -0.2) is 4.79 Å². The van der Waals surface area contributed by atoms with Gasteiger partial charge in [-0.2, -0.15) is 0 Å². The zero-order valence-electron chi connectivity index (χ0n) is 10.9. The Kier molecular flexibility index (Phi) is 3.66. The Morgan fingerprint density at radius 2 is 1.84 bits per heavy atom. The molecule has 0 aliphatic rings. The minimum Gasteiger partial charge on any atom is -0.477 e. The number of rotatable bonds is 2. The van der Waals surface area contributed by atoms with Crippen molar-refractivity contribution in [2.24, 2.45) is 0 Å². The van der Waals surface area contributed by atoms with E-state index in [-0.39, 0.29) is 5.56 Å². The lowest BCUT2D eigenvalue weighted by atomic mass is 9.89. The molecule has 0 amide bonds. The summed E-state index contributed by atoms with van der Waals surface area (Å²) < 4.78 is 6.35. The maximum atomic E-state index is 11.5. The van der Waals surface area contributed by atoms with Crippen LogP contribution >= 0.6 is 22.6 Å². The highest BCUT2D eigenvalue weighted by molar-refractivity contribution is 14.1. The average molecular weight is 371 g/mol. The number of nitrogens with zero attached hydrogens (tertiary/aromatic N) is 1. The zero-order chi connectivity index (χ0) is 14.2. The van der Waals surface area contributed by atoms with Gasteiger partial charge in [0, 0.05) is 14.5 Å². The third kappa shape index (κ3) is 2.80. The van der Waals surface area contributed by atoms with Crippen LogP contribution in [0.4, 0.5) is 0 Å². The maximum absolute atomic E-state index is 11.5. The molecule has 1 aromatic carbocycles. The lowest BCUT2D eigenvalue weighted by molar-refractivity contribution is 0.0693. The standard InChI is InChI=1S/C14H14INO3/c1-14(2,3)12-10(13(17)18)11(16-19-12)8-4-6-9(15)7-5-8/h4-7H,1-3H3,(H,17,18). The van der Waals surface area contributed by atoms with E-state index in [4.69, 9.17) is 4.52 Å². The Balaban J connectivity index is 2.62. The summed E-state index contributed by atoms with van der Waals surface area (Å²) >= 11 is 2.20. The van der Waals surface area contributed by atoms with Crippen molar-refractivity contribution in [3.63, 3.8) is 0 Å². The van der Waals surface area contributed by atoms with Crippen molar-refractivity contribution in [2.75, 3.05) is 0 Å². The molecule has 0 fully saturated rings. The van der Waals surface area contributed by atoms with Crippen LogP contribution in [0, 0.1) is 3.57 Å². The van der Waals surface area contributed by atoms with E-state index in [1.165, 1.54) is 0 Å². The molecule has 0 saturated carbocycles. The van der Waals surface area contributed by atoms with Crippen molar-refractivity contribution in [3.05, 3.63) is 39.2 Å². The van der Waals surface area contributed by atoms with Crippen molar-refractivity contribution < 1.29 is 14.4 Å². The van der Waals surface area contributed by atoms with E-state index < -0.39 is 11.4 Å². The lowest BCUT2D eigenvalue weighted by Gasteiger charge is -2.14. The summed E-state index contributed by atoms with van der Waals surface area (Å²) in [4.78, 5) is 11.5. The normalized spacial score (nSPS) is 11.6. The van der Waals surface area contributed by atoms with E-state index in [1.54, 1.807) is 0 Å². The molecule has 0 saturated heterocycles. The molecule has 5 heteroatoms. The summed E-state index contributed by atoms with van der Waals surface area (Å²) in [7, 11) is 0. The Labute approximate surface area is 124 Å². The Hall–Kier alpha value is -1.37. The molecular formula is C14H14INO3. The fourth-order valence-corrected chi connectivity index (χ4v) is 2.16. The highest BCUT2D eigenvalue weighted by Gasteiger charge is 2.31. The van der Waals surface area contributed by atoms with Crippen molar-refractivity contribution in [2.45, 2.75) is 26.2 Å². The fourth-order valence-electron chi connectivity index (χ4n) is 1.81. The first kappa shape index (κ1) is 14.0. The molecule has 0 spiro atoms. The number of aromatic carboxylic acids is 1. The van der Waals surface area contributed by atoms with Crippen LogP contribution in [0.15, 0.2) is 28.8 Å². The second kappa shape index (κ2) is 4.96. The van der Waals surface area contributed by atoms with Gasteiger partial charge >= 0.3 is 5.97 Å². The van der Waals surface area contributed by atoms with Crippen LogP contribution < -0.4 is 0 Å². The van der Waals surface area contributed by atoms with Gasteiger partial charge in [0.1, 0.15) is 11.3 Å². The van der Waals surface area contributed by atoms with Crippen molar-refractivity contribution in [1.29, 1.82) is 0 Å². The largest absolute Gasteiger partial charge is 0.477 e. The van der Waals surface area contributed by atoms with Gasteiger partial charge in [-0.05, 0) is 34.7 Å². The maximum Gasteiger partial charge on any atom is 0.341 e. The number of benzene rings is 1. The molecule has 1 heterocycles. The SMILES string of the molecule is CC(C)(C)c1onc(-c2ccc(I)cc2)c1C(=O)O. The molecule has 19 heavy (non-hydrogen) atoms. The van der Waals surface area contributed by atoms with E-state index in [9.17, 15) is 9.90 Å². The van der Waals surface area contributed by atoms with Gasteiger partial charge in [-0.1, -0.05) is 38.1 Å². The molecule has 0 bridgehead atoms. The van der Waals surface area contributed by atoms with E-state index in [2.05, 4.69) is 27.7 Å². The number of carboxylic acids is 1. The van der Waals surface area contributed by atoms with Crippen molar-refractivity contribution in [1.82, 2.24) is 5.16 Å². The predicted octanol–water partition coefficient (Wildman–Crippen LogP) is 3.94. The third-order valence-electron chi connectivity index (χ3n) is 2.70. The second-order valence-corrected chi connectivity index (χ2v) is 6.54. The van der Waals surface area contributed by atoms with Gasteiger partial charge in [0.2, 0.25) is 0 Å². The van der Waals surface area contributed by atoms with Gasteiger partial charge in [0.25, 0.3) is 0 Å². The Bertz CT molecular complexity index is 609. The van der Waals surface area contributed by atoms with E-state index in [1.807, 2.05) is 45.0 Å². The first-order valence-electron chi connectivity index (χ1n) is 5.80. The molecule has 100 valence electrons. The summed E-state index contributed by atoms with van der Waals surface area (Å²) in [5, 5.41) is 13.4. The summed E-state index contributed by atoms with van der Waals surface area (Å²) in [6, 6.07) is 7.51. The van der Waals surface area contributed by atoms with E-state index in [0.29, 0.717) is 11.5 Å². The molecule has 0 aliphatic carbocycles. The molecule has 0 aliphatic heterocycles. The van der Waals surface area contributed by atoms with Gasteiger partial charge in [-0.3, -0.25) is 0 Å². The molecule has 2 aromatic rings. The van der Waals surface area contributed by atoms with E-state index >= 15 is 0 Å². The zero-order valence-corrected chi connectivity index (χ0v) is 13.1. The quantitative estimate of drug-likeness (QED) is 0.813. The monoisotopic (exact) mass is 371 g/mol. The van der Waals surface area contributed by atoms with Gasteiger partial charge < -0.3 is 9.63 Å².